The van der Waals surface area contributed by atoms with Gasteiger partial charge in [0.1, 0.15) is 5.82 Å². The summed E-state index contributed by atoms with van der Waals surface area (Å²) in [6, 6.07) is 6.66. The number of nitrogens with zero attached hydrogens (tertiary/aromatic N) is 1. The van der Waals surface area contributed by atoms with Crippen molar-refractivity contribution in [1.29, 1.82) is 0 Å². The van der Waals surface area contributed by atoms with E-state index in [1.54, 1.807) is 11.8 Å². The summed E-state index contributed by atoms with van der Waals surface area (Å²) in [6.45, 7) is 1.79. The molecule has 0 saturated heterocycles. The molecule has 0 saturated carbocycles. The lowest BCUT2D eigenvalue weighted by atomic mass is 10.1. The van der Waals surface area contributed by atoms with Gasteiger partial charge in [0.2, 0.25) is 0 Å². The highest BCUT2D eigenvalue weighted by Gasteiger charge is 2.04. The maximum atomic E-state index is 12.7. The molecule has 2 nitrogen and oxygen atoms in total. The van der Waals surface area contributed by atoms with Gasteiger partial charge in [0.25, 0.3) is 0 Å². The van der Waals surface area contributed by atoms with Crippen LogP contribution < -0.4 is 5.32 Å². The van der Waals surface area contributed by atoms with Crippen molar-refractivity contribution >= 4 is 16.9 Å². The first kappa shape index (κ1) is 11.5. The number of thioether (sulfide) groups is 1. The van der Waals surface area contributed by atoms with Gasteiger partial charge in [0.05, 0.1) is 0 Å². The Hall–Kier alpha value is -1.03. The molecule has 1 aliphatic rings. The molecule has 1 aromatic rings. The number of aliphatic imine (C=N–C) groups is 1. The summed E-state index contributed by atoms with van der Waals surface area (Å²) < 4.78 is 12.7. The molecule has 0 atom stereocenters. The number of hydrogen-bond acceptors (Lipinski definition) is 3. The summed E-state index contributed by atoms with van der Waals surface area (Å²) in [5.41, 5.74) is 1.15. The summed E-state index contributed by atoms with van der Waals surface area (Å²) in [6.07, 6.45) is 2.08. The van der Waals surface area contributed by atoms with E-state index in [9.17, 15) is 4.39 Å². The average Bonchev–Trinajstić information content (AvgIpc) is 2.33. The third-order valence-electron chi connectivity index (χ3n) is 2.40. The van der Waals surface area contributed by atoms with Gasteiger partial charge in [-0.3, -0.25) is 4.99 Å². The number of hydrogen-bond donors (Lipinski definition) is 1. The minimum absolute atomic E-state index is 0.177. The molecular formula is C12H15FN2S. The van der Waals surface area contributed by atoms with Crippen LogP contribution in [0.4, 0.5) is 4.39 Å². The van der Waals surface area contributed by atoms with E-state index in [4.69, 9.17) is 0 Å². The van der Waals surface area contributed by atoms with Crippen molar-refractivity contribution in [2.45, 2.75) is 12.8 Å². The Kier molecular flexibility index (Phi) is 4.22. The van der Waals surface area contributed by atoms with Gasteiger partial charge in [-0.2, -0.15) is 0 Å². The van der Waals surface area contributed by atoms with Crippen LogP contribution >= 0.6 is 11.8 Å². The molecule has 0 fully saturated rings. The van der Waals surface area contributed by atoms with Crippen LogP contribution in [-0.4, -0.2) is 24.0 Å². The zero-order valence-electron chi connectivity index (χ0n) is 9.08. The van der Waals surface area contributed by atoms with E-state index in [0.717, 1.165) is 36.0 Å². The Balaban J connectivity index is 1.75. The molecule has 0 unspecified atom stereocenters. The van der Waals surface area contributed by atoms with Gasteiger partial charge in [-0.25, -0.2) is 4.39 Å². The van der Waals surface area contributed by atoms with Crippen molar-refractivity contribution in [3.05, 3.63) is 35.6 Å². The second kappa shape index (κ2) is 5.89. The maximum Gasteiger partial charge on any atom is 0.156 e. The number of rotatable bonds is 3. The predicted octanol–water partition coefficient (Wildman–Crippen LogP) is 2.45. The first-order valence-corrected chi connectivity index (χ1v) is 6.49. The van der Waals surface area contributed by atoms with E-state index in [1.807, 2.05) is 12.1 Å². The van der Waals surface area contributed by atoms with E-state index in [-0.39, 0.29) is 5.82 Å². The average molecular weight is 238 g/mol. The fourth-order valence-electron chi connectivity index (χ4n) is 1.53. The lowest BCUT2D eigenvalue weighted by molar-refractivity contribution is 0.627. The van der Waals surface area contributed by atoms with Gasteiger partial charge in [0, 0.05) is 18.8 Å². The Morgan fingerprint density at radius 1 is 1.31 bits per heavy atom. The van der Waals surface area contributed by atoms with Gasteiger partial charge in [0.15, 0.2) is 5.17 Å². The van der Waals surface area contributed by atoms with Crippen molar-refractivity contribution in [3.63, 3.8) is 0 Å². The quantitative estimate of drug-likeness (QED) is 0.874. The van der Waals surface area contributed by atoms with Gasteiger partial charge < -0.3 is 5.32 Å². The predicted molar refractivity (Wildman–Crippen MR) is 67.5 cm³/mol. The Morgan fingerprint density at radius 3 is 2.81 bits per heavy atom. The van der Waals surface area contributed by atoms with Crippen LogP contribution in [0.2, 0.25) is 0 Å². The number of benzene rings is 1. The van der Waals surface area contributed by atoms with Crippen molar-refractivity contribution in [2.75, 3.05) is 18.8 Å². The van der Waals surface area contributed by atoms with Crippen LogP contribution in [0.1, 0.15) is 12.0 Å². The van der Waals surface area contributed by atoms with Crippen LogP contribution in [0.15, 0.2) is 29.3 Å². The van der Waals surface area contributed by atoms with Gasteiger partial charge in [-0.05, 0) is 30.5 Å². The molecule has 16 heavy (non-hydrogen) atoms. The van der Waals surface area contributed by atoms with E-state index >= 15 is 0 Å². The zero-order valence-corrected chi connectivity index (χ0v) is 9.89. The highest BCUT2D eigenvalue weighted by molar-refractivity contribution is 8.13. The van der Waals surface area contributed by atoms with Crippen LogP contribution in [-0.2, 0) is 6.42 Å². The Labute approximate surface area is 99.3 Å². The Bertz CT molecular complexity index is 362. The highest BCUT2D eigenvalue weighted by atomic mass is 32.2. The molecule has 86 valence electrons. The van der Waals surface area contributed by atoms with Gasteiger partial charge >= 0.3 is 0 Å². The summed E-state index contributed by atoms with van der Waals surface area (Å²) in [4.78, 5) is 4.38. The number of nitrogens with one attached hydrogen (secondary N) is 1. The first-order valence-electron chi connectivity index (χ1n) is 5.50. The summed E-state index contributed by atoms with van der Waals surface area (Å²) in [5, 5.41) is 4.35. The van der Waals surface area contributed by atoms with Crippen molar-refractivity contribution in [1.82, 2.24) is 5.32 Å². The monoisotopic (exact) mass is 238 g/mol. The van der Waals surface area contributed by atoms with Crippen LogP contribution in [0.3, 0.4) is 0 Å². The second-order valence-corrected chi connectivity index (χ2v) is 4.78. The lowest BCUT2D eigenvalue weighted by Crippen LogP contribution is -2.25. The fourth-order valence-corrected chi connectivity index (χ4v) is 2.38. The summed E-state index contributed by atoms with van der Waals surface area (Å²) in [7, 11) is 0. The SMILES string of the molecule is Fc1ccc(CCNC2=NCCCS2)cc1. The van der Waals surface area contributed by atoms with E-state index in [1.165, 1.54) is 18.6 Å². The number of halogens is 1. The minimum atomic E-state index is -0.177. The maximum absolute atomic E-state index is 12.7. The molecule has 1 N–H and O–H groups in total. The molecule has 0 radical (unpaired) electrons. The minimum Gasteiger partial charge on any atom is -0.365 e. The standard InChI is InChI=1S/C12H15FN2S/c13-11-4-2-10(3-5-11)6-8-15-12-14-7-1-9-16-12/h2-5H,1,6-9H2,(H,14,15). The molecule has 0 aliphatic carbocycles. The third-order valence-corrected chi connectivity index (χ3v) is 3.44. The first-order chi connectivity index (χ1) is 7.84. The highest BCUT2D eigenvalue weighted by Crippen LogP contribution is 2.10. The molecule has 1 heterocycles. The molecular weight excluding hydrogens is 223 g/mol. The smallest absolute Gasteiger partial charge is 0.156 e. The normalized spacial score (nSPS) is 15.7. The molecule has 1 aliphatic heterocycles. The molecule has 4 heteroatoms. The molecule has 2 rings (SSSR count). The zero-order chi connectivity index (χ0) is 11.2. The molecule has 0 aromatic heterocycles. The number of amidine groups is 1. The van der Waals surface area contributed by atoms with Crippen LogP contribution in [0.5, 0.6) is 0 Å². The molecule has 1 aromatic carbocycles. The summed E-state index contributed by atoms with van der Waals surface area (Å²) >= 11 is 1.78. The van der Waals surface area contributed by atoms with Crippen molar-refractivity contribution < 1.29 is 4.39 Å². The van der Waals surface area contributed by atoms with Crippen molar-refractivity contribution in [2.24, 2.45) is 4.99 Å². The fraction of sp³-hybridized carbons (Fsp3) is 0.417. The molecule has 0 amide bonds. The third kappa shape index (κ3) is 3.52. The van der Waals surface area contributed by atoms with E-state index < -0.39 is 0 Å². The Morgan fingerprint density at radius 2 is 2.12 bits per heavy atom. The van der Waals surface area contributed by atoms with Crippen molar-refractivity contribution in [3.8, 4) is 0 Å². The molecule has 0 spiro atoms. The lowest BCUT2D eigenvalue weighted by Gasteiger charge is -2.12. The summed E-state index contributed by atoms with van der Waals surface area (Å²) in [5.74, 6) is 0.978. The van der Waals surface area contributed by atoms with Gasteiger partial charge in [-0.1, -0.05) is 23.9 Å². The largest absolute Gasteiger partial charge is 0.365 e. The molecule has 0 bridgehead atoms. The van der Waals surface area contributed by atoms with Crippen LogP contribution in [0.25, 0.3) is 0 Å². The van der Waals surface area contributed by atoms with Crippen LogP contribution in [0, 0.1) is 5.82 Å². The van der Waals surface area contributed by atoms with Gasteiger partial charge in [-0.15, -0.1) is 0 Å². The second-order valence-electron chi connectivity index (χ2n) is 3.69. The topological polar surface area (TPSA) is 24.4 Å². The van der Waals surface area contributed by atoms with E-state index in [2.05, 4.69) is 10.3 Å². The van der Waals surface area contributed by atoms with E-state index in [0.29, 0.717) is 0 Å².